The summed E-state index contributed by atoms with van der Waals surface area (Å²) in [7, 11) is 0. The van der Waals surface area contributed by atoms with E-state index >= 15 is 0 Å². The van der Waals surface area contributed by atoms with Crippen LogP contribution in [0.3, 0.4) is 0 Å². The Morgan fingerprint density at radius 1 is 1.33 bits per heavy atom. The van der Waals surface area contributed by atoms with Gasteiger partial charge in [-0.05, 0) is 18.1 Å². The highest BCUT2D eigenvalue weighted by Gasteiger charge is 2.33. The molecule has 6 heteroatoms. The molecular weight excluding hydrogens is 261 g/mol. The van der Waals surface area contributed by atoms with Crippen LogP contribution in [-0.4, -0.2) is 17.5 Å². The molecule has 0 saturated carbocycles. The molecule has 2 rings (SSSR count). The number of hydrogen-bond donors (Lipinski definition) is 1. The molecule has 0 radical (unpaired) electrons. The van der Waals surface area contributed by atoms with Crippen molar-refractivity contribution < 1.29 is 13.2 Å². The maximum absolute atomic E-state index is 12.8. The molecule has 1 heterocycles. The Labute approximate surface area is 108 Å². The van der Waals surface area contributed by atoms with Crippen LogP contribution in [0, 0.1) is 5.92 Å². The topological polar surface area (TPSA) is 24.4 Å². The van der Waals surface area contributed by atoms with Gasteiger partial charge in [-0.1, -0.05) is 30.8 Å². The smallest absolute Gasteiger partial charge is 0.334 e. The molecule has 1 unspecified atom stereocenters. The predicted octanol–water partition coefficient (Wildman–Crippen LogP) is 3.86. The lowest BCUT2D eigenvalue weighted by molar-refractivity contribution is -0.136. The monoisotopic (exact) mass is 274 g/mol. The summed E-state index contributed by atoms with van der Waals surface area (Å²) in [6.45, 7) is 2.72. The largest absolute Gasteiger partial charge is 0.418 e. The molecular formula is C12H13F3N2S. The van der Waals surface area contributed by atoms with Crippen LogP contribution < -0.4 is 5.32 Å². The molecule has 1 aliphatic rings. The normalized spacial score (nSPS) is 20.4. The van der Waals surface area contributed by atoms with Crippen molar-refractivity contribution in [2.45, 2.75) is 13.1 Å². The van der Waals surface area contributed by atoms with Crippen LogP contribution in [0.25, 0.3) is 0 Å². The predicted molar refractivity (Wildman–Crippen MR) is 69.0 cm³/mol. The first-order valence-electron chi connectivity index (χ1n) is 5.57. The zero-order valence-electron chi connectivity index (χ0n) is 9.79. The van der Waals surface area contributed by atoms with Crippen molar-refractivity contribution in [2.75, 3.05) is 17.6 Å². The second kappa shape index (κ2) is 5.22. The molecule has 0 saturated heterocycles. The summed E-state index contributed by atoms with van der Waals surface area (Å²) in [5.41, 5.74) is -0.599. The van der Waals surface area contributed by atoms with Gasteiger partial charge in [0.1, 0.15) is 0 Å². The van der Waals surface area contributed by atoms with Crippen LogP contribution in [-0.2, 0) is 6.18 Å². The third-order valence-corrected chi connectivity index (χ3v) is 3.77. The maximum atomic E-state index is 12.8. The first-order chi connectivity index (χ1) is 8.47. The van der Waals surface area contributed by atoms with E-state index in [1.807, 2.05) is 0 Å². The third-order valence-electron chi connectivity index (χ3n) is 2.53. The van der Waals surface area contributed by atoms with Gasteiger partial charge in [-0.25, -0.2) is 0 Å². The van der Waals surface area contributed by atoms with Crippen molar-refractivity contribution in [3.05, 3.63) is 29.8 Å². The Kier molecular flexibility index (Phi) is 3.85. The Morgan fingerprint density at radius 2 is 2.06 bits per heavy atom. The number of thioether (sulfide) groups is 1. The third kappa shape index (κ3) is 3.19. The van der Waals surface area contributed by atoms with Gasteiger partial charge in [0.05, 0.1) is 11.3 Å². The van der Waals surface area contributed by atoms with Crippen LogP contribution in [0.15, 0.2) is 29.3 Å². The van der Waals surface area contributed by atoms with Gasteiger partial charge in [0.15, 0.2) is 5.17 Å². The van der Waals surface area contributed by atoms with Crippen molar-refractivity contribution >= 4 is 22.6 Å². The molecule has 1 aromatic rings. The highest BCUT2D eigenvalue weighted by Crippen LogP contribution is 2.35. The second-order valence-electron chi connectivity index (χ2n) is 4.23. The number of benzene rings is 1. The number of halogens is 3. The quantitative estimate of drug-likeness (QED) is 0.841. The van der Waals surface area contributed by atoms with Crippen molar-refractivity contribution in [1.82, 2.24) is 0 Å². The number of nitrogens with zero attached hydrogens (tertiary/aromatic N) is 1. The number of nitrogens with one attached hydrogen (secondary N) is 1. The molecule has 1 atom stereocenters. The van der Waals surface area contributed by atoms with Crippen molar-refractivity contribution in [1.29, 1.82) is 0 Å². The molecule has 98 valence electrons. The number of anilines is 1. The van der Waals surface area contributed by atoms with Crippen LogP contribution >= 0.6 is 11.8 Å². The van der Waals surface area contributed by atoms with Crippen LogP contribution in [0.2, 0.25) is 0 Å². The SMILES string of the molecule is CC1CN=C(Nc2ccccc2C(F)(F)F)SC1. The van der Waals surface area contributed by atoms with E-state index in [0.717, 1.165) is 11.8 Å². The summed E-state index contributed by atoms with van der Waals surface area (Å²) >= 11 is 1.46. The summed E-state index contributed by atoms with van der Waals surface area (Å²) in [6.07, 6.45) is -4.35. The molecule has 0 aromatic heterocycles. The fraction of sp³-hybridized carbons (Fsp3) is 0.417. The lowest BCUT2D eigenvalue weighted by Gasteiger charge is -2.20. The van der Waals surface area contributed by atoms with Gasteiger partial charge < -0.3 is 5.32 Å². The highest BCUT2D eigenvalue weighted by atomic mass is 32.2. The van der Waals surface area contributed by atoms with E-state index in [1.54, 1.807) is 6.07 Å². The number of amidine groups is 1. The number of rotatable bonds is 1. The van der Waals surface area contributed by atoms with Crippen molar-refractivity contribution in [3.63, 3.8) is 0 Å². The fourth-order valence-electron chi connectivity index (χ4n) is 1.59. The van der Waals surface area contributed by atoms with Gasteiger partial charge >= 0.3 is 6.18 Å². The van der Waals surface area contributed by atoms with E-state index in [0.29, 0.717) is 17.6 Å². The van der Waals surface area contributed by atoms with Crippen LogP contribution in [0.4, 0.5) is 18.9 Å². The van der Waals surface area contributed by atoms with Gasteiger partial charge in [0, 0.05) is 12.3 Å². The maximum Gasteiger partial charge on any atom is 0.418 e. The molecule has 0 fully saturated rings. The average Bonchev–Trinajstić information content (AvgIpc) is 2.31. The lowest BCUT2D eigenvalue weighted by Crippen LogP contribution is -2.20. The first-order valence-corrected chi connectivity index (χ1v) is 6.56. The van der Waals surface area contributed by atoms with Crippen LogP contribution in [0.1, 0.15) is 12.5 Å². The fourth-order valence-corrected chi connectivity index (χ4v) is 2.48. The zero-order valence-corrected chi connectivity index (χ0v) is 10.6. The molecule has 2 nitrogen and oxygen atoms in total. The number of aliphatic imine (C=N–C) groups is 1. The number of alkyl halides is 3. The molecule has 1 aliphatic heterocycles. The minimum atomic E-state index is -4.35. The van der Waals surface area contributed by atoms with Gasteiger partial charge in [-0.2, -0.15) is 13.2 Å². The molecule has 1 N–H and O–H groups in total. The Hall–Kier alpha value is -1.17. The van der Waals surface area contributed by atoms with Gasteiger partial charge in [0.25, 0.3) is 0 Å². The van der Waals surface area contributed by atoms with E-state index in [4.69, 9.17) is 0 Å². The summed E-state index contributed by atoms with van der Waals surface area (Å²) < 4.78 is 38.3. The second-order valence-corrected chi connectivity index (χ2v) is 5.24. The molecule has 0 amide bonds. The Morgan fingerprint density at radius 3 is 2.67 bits per heavy atom. The van der Waals surface area contributed by atoms with Gasteiger partial charge in [-0.3, -0.25) is 4.99 Å². The highest BCUT2D eigenvalue weighted by molar-refractivity contribution is 8.14. The zero-order chi connectivity index (χ0) is 13.2. The van der Waals surface area contributed by atoms with Crippen molar-refractivity contribution in [3.8, 4) is 0 Å². The molecule has 0 aliphatic carbocycles. The van der Waals surface area contributed by atoms with E-state index in [9.17, 15) is 13.2 Å². The molecule has 1 aromatic carbocycles. The minimum Gasteiger partial charge on any atom is -0.334 e. The lowest BCUT2D eigenvalue weighted by atomic mass is 10.2. The van der Waals surface area contributed by atoms with E-state index in [-0.39, 0.29) is 5.69 Å². The van der Waals surface area contributed by atoms with E-state index in [1.165, 1.54) is 23.9 Å². The van der Waals surface area contributed by atoms with E-state index < -0.39 is 11.7 Å². The minimum absolute atomic E-state index is 0.0609. The molecule has 0 bridgehead atoms. The van der Waals surface area contributed by atoms with Gasteiger partial charge in [0.2, 0.25) is 0 Å². The number of hydrogen-bond acceptors (Lipinski definition) is 3. The molecule has 0 spiro atoms. The summed E-state index contributed by atoms with van der Waals surface area (Å²) in [5.74, 6) is 1.35. The standard InChI is InChI=1S/C12H13F3N2S/c1-8-6-16-11(18-7-8)17-10-5-3-2-4-9(10)12(13,14)15/h2-5,8H,6-7H2,1H3,(H,16,17). The first kappa shape index (κ1) is 13.3. The average molecular weight is 274 g/mol. The van der Waals surface area contributed by atoms with Gasteiger partial charge in [-0.15, -0.1) is 0 Å². The summed E-state index contributed by atoms with van der Waals surface area (Å²) in [5, 5.41) is 3.33. The summed E-state index contributed by atoms with van der Waals surface area (Å²) in [4.78, 5) is 4.23. The Balaban J connectivity index is 2.20. The summed E-state index contributed by atoms with van der Waals surface area (Å²) in [6, 6.07) is 5.45. The van der Waals surface area contributed by atoms with Crippen LogP contribution in [0.5, 0.6) is 0 Å². The Bertz CT molecular complexity index is 457. The molecule has 18 heavy (non-hydrogen) atoms. The number of para-hydroxylation sites is 1. The van der Waals surface area contributed by atoms with Crippen molar-refractivity contribution in [2.24, 2.45) is 10.9 Å². The van der Waals surface area contributed by atoms with E-state index in [2.05, 4.69) is 17.2 Å².